The lowest BCUT2D eigenvalue weighted by molar-refractivity contribution is 0.476. The van der Waals surface area contributed by atoms with Crippen LogP contribution in [0.2, 0.25) is 5.02 Å². The molecule has 0 saturated carbocycles. The Balaban J connectivity index is 1.74. The number of hydrogen-bond donors (Lipinski definition) is 2. The summed E-state index contributed by atoms with van der Waals surface area (Å²) < 4.78 is 3.25. The van der Waals surface area contributed by atoms with Gasteiger partial charge in [0.2, 0.25) is 0 Å². The quantitative estimate of drug-likeness (QED) is 0.298. The minimum atomic E-state index is 0.224. The van der Waals surface area contributed by atoms with Crippen molar-refractivity contribution in [2.24, 2.45) is 0 Å². The number of nitrogens with zero attached hydrogens (tertiary/aromatic N) is 1. The molecule has 0 spiro atoms. The Hall–Kier alpha value is -3.21. The number of thiophene rings is 1. The summed E-state index contributed by atoms with van der Waals surface area (Å²) in [5, 5.41) is 26.9. The van der Waals surface area contributed by atoms with Crippen LogP contribution in [0.1, 0.15) is 0 Å². The second-order valence-corrected chi connectivity index (χ2v) is 8.62. The van der Waals surface area contributed by atoms with Gasteiger partial charge in [0, 0.05) is 10.1 Å². The van der Waals surface area contributed by atoms with E-state index in [2.05, 4.69) is 22.8 Å². The minimum absolute atomic E-state index is 0.224. The molecule has 140 valence electrons. The van der Waals surface area contributed by atoms with Crippen molar-refractivity contribution in [1.29, 1.82) is 0 Å². The Kier molecular flexibility index (Phi) is 3.40. The average Bonchev–Trinajstić information content (AvgIpc) is 3.28. The highest BCUT2D eigenvalue weighted by molar-refractivity contribution is 7.21. The van der Waals surface area contributed by atoms with Crippen LogP contribution in [0.5, 0.6) is 11.5 Å². The number of rotatable bonds is 1. The Bertz CT molecular complexity index is 1600. The molecule has 0 atom stereocenters. The van der Waals surface area contributed by atoms with Crippen LogP contribution in [-0.4, -0.2) is 14.8 Å². The largest absolute Gasteiger partial charge is 0.508 e. The van der Waals surface area contributed by atoms with E-state index in [1.807, 2.05) is 30.3 Å². The summed E-state index contributed by atoms with van der Waals surface area (Å²) in [7, 11) is 0. The average molecular weight is 416 g/mol. The molecular formula is C24H14ClNO2S. The van der Waals surface area contributed by atoms with E-state index in [9.17, 15) is 10.2 Å². The van der Waals surface area contributed by atoms with E-state index in [4.69, 9.17) is 11.6 Å². The van der Waals surface area contributed by atoms with Crippen molar-refractivity contribution in [2.75, 3.05) is 0 Å². The number of aromatic hydroxyl groups is 2. The second kappa shape index (κ2) is 5.89. The third kappa shape index (κ3) is 2.36. The number of benzene rings is 4. The summed E-state index contributed by atoms with van der Waals surface area (Å²) in [6.45, 7) is 0. The Morgan fingerprint density at radius 1 is 0.793 bits per heavy atom. The molecule has 0 radical (unpaired) electrons. The van der Waals surface area contributed by atoms with E-state index in [0.717, 1.165) is 47.7 Å². The molecule has 0 amide bonds. The molecule has 5 heteroatoms. The highest BCUT2D eigenvalue weighted by Gasteiger charge is 2.19. The first-order valence-electron chi connectivity index (χ1n) is 9.17. The fraction of sp³-hybridized carbons (Fsp3) is 0. The number of aromatic nitrogens is 1. The van der Waals surface area contributed by atoms with E-state index in [1.54, 1.807) is 35.6 Å². The smallest absolute Gasteiger partial charge is 0.125 e. The predicted octanol–water partition coefficient (Wildman–Crippen LogP) is 7.22. The first-order valence-corrected chi connectivity index (χ1v) is 10.4. The molecule has 3 nitrogen and oxygen atoms in total. The van der Waals surface area contributed by atoms with Crippen LogP contribution in [0.3, 0.4) is 0 Å². The van der Waals surface area contributed by atoms with Gasteiger partial charge in [0.1, 0.15) is 16.5 Å². The number of phenolic OH excluding ortho intramolecular Hbond substituents is 2. The van der Waals surface area contributed by atoms with Crippen LogP contribution in [0.15, 0.2) is 72.8 Å². The van der Waals surface area contributed by atoms with Gasteiger partial charge in [-0.15, -0.1) is 11.3 Å². The van der Waals surface area contributed by atoms with Gasteiger partial charge >= 0.3 is 0 Å². The molecule has 4 aromatic carbocycles. The lowest BCUT2D eigenvalue weighted by atomic mass is 10.1. The van der Waals surface area contributed by atoms with Gasteiger partial charge in [-0.2, -0.15) is 0 Å². The fourth-order valence-electron chi connectivity index (χ4n) is 4.14. The molecule has 0 fully saturated rings. The second-order valence-electron chi connectivity index (χ2n) is 7.15. The van der Waals surface area contributed by atoms with Crippen molar-refractivity contribution in [3.63, 3.8) is 0 Å². The van der Waals surface area contributed by atoms with Gasteiger partial charge in [-0.1, -0.05) is 35.9 Å². The zero-order chi connectivity index (χ0) is 19.7. The van der Waals surface area contributed by atoms with Crippen LogP contribution < -0.4 is 0 Å². The molecule has 0 aliphatic carbocycles. The summed E-state index contributed by atoms with van der Waals surface area (Å²) in [6.07, 6.45) is 0. The number of para-hydroxylation sites is 1. The van der Waals surface area contributed by atoms with Gasteiger partial charge in [0.05, 0.1) is 21.4 Å². The standard InChI is InChI=1S/C24H14ClNO2S/c25-18-7-8-20(28)23-17-3-1-2-4-19(17)26(24(18)23)22-12-15-9-13-5-6-16(27)10-14(13)11-21(15)29-22/h1-12,27-28H. The van der Waals surface area contributed by atoms with Gasteiger partial charge in [0.25, 0.3) is 0 Å². The third-order valence-electron chi connectivity index (χ3n) is 5.41. The zero-order valence-electron chi connectivity index (χ0n) is 15.1. The molecule has 29 heavy (non-hydrogen) atoms. The number of fused-ring (bicyclic) bond motifs is 5. The number of phenols is 2. The van der Waals surface area contributed by atoms with Crippen molar-refractivity contribution in [3.05, 3.63) is 77.8 Å². The van der Waals surface area contributed by atoms with Gasteiger partial charge in [-0.25, -0.2) is 0 Å². The van der Waals surface area contributed by atoms with Gasteiger partial charge in [-0.05, 0) is 64.7 Å². The summed E-state index contributed by atoms with van der Waals surface area (Å²) in [6, 6.07) is 23.2. The zero-order valence-corrected chi connectivity index (χ0v) is 16.6. The van der Waals surface area contributed by atoms with Crippen molar-refractivity contribution in [1.82, 2.24) is 4.57 Å². The summed E-state index contributed by atoms with van der Waals surface area (Å²) in [5.74, 6) is 0.486. The maximum Gasteiger partial charge on any atom is 0.125 e. The Labute approximate surface area is 174 Å². The van der Waals surface area contributed by atoms with E-state index < -0.39 is 0 Å². The molecule has 0 saturated heterocycles. The molecule has 6 aromatic rings. The highest BCUT2D eigenvalue weighted by atomic mass is 35.5. The number of halogens is 1. The van der Waals surface area contributed by atoms with E-state index in [0.29, 0.717) is 5.02 Å². The maximum atomic E-state index is 10.6. The molecule has 0 aliphatic heterocycles. The Morgan fingerprint density at radius 3 is 2.55 bits per heavy atom. The predicted molar refractivity (Wildman–Crippen MR) is 122 cm³/mol. The summed E-state index contributed by atoms with van der Waals surface area (Å²) in [5.41, 5.74) is 1.81. The molecular weight excluding hydrogens is 402 g/mol. The Morgan fingerprint density at radius 2 is 1.66 bits per heavy atom. The van der Waals surface area contributed by atoms with E-state index in [1.165, 1.54) is 0 Å². The molecule has 0 aliphatic rings. The van der Waals surface area contributed by atoms with Crippen LogP contribution >= 0.6 is 22.9 Å². The highest BCUT2D eigenvalue weighted by Crippen LogP contribution is 2.43. The number of hydrogen-bond acceptors (Lipinski definition) is 3. The van der Waals surface area contributed by atoms with Crippen molar-refractivity contribution < 1.29 is 10.2 Å². The van der Waals surface area contributed by atoms with Gasteiger partial charge in [0.15, 0.2) is 0 Å². The SMILES string of the molecule is Oc1ccc2cc3cc(-n4c5ccccc5c5c(O)ccc(Cl)c54)sc3cc2c1. The molecule has 2 heterocycles. The molecule has 2 N–H and O–H groups in total. The van der Waals surface area contributed by atoms with Crippen LogP contribution in [0.4, 0.5) is 0 Å². The van der Waals surface area contributed by atoms with Crippen LogP contribution in [0, 0.1) is 0 Å². The normalized spacial score (nSPS) is 11.9. The van der Waals surface area contributed by atoms with Crippen LogP contribution in [-0.2, 0) is 0 Å². The first-order chi connectivity index (χ1) is 14.1. The molecule has 6 rings (SSSR count). The van der Waals surface area contributed by atoms with Crippen molar-refractivity contribution in [3.8, 4) is 16.5 Å². The van der Waals surface area contributed by atoms with E-state index in [-0.39, 0.29) is 11.5 Å². The summed E-state index contributed by atoms with van der Waals surface area (Å²) >= 11 is 8.26. The molecule has 0 unspecified atom stereocenters. The molecule has 2 aromatic heterocycles. The summed E-state index contributed by atoms with van der Waals surface area (Å²) in [4.78, 5) is 0. The topological polar surface area (TPSA) is 45.4 Å². The lowest BCUT2D eigenvalue weighted by Gasteiger charge is -2.05. The van der Waals surface area contributed by atoms with Crippen molar-refractivity contribution >= 4 is 65.6 Å². The third-order valence-corrected chi connectivity index (χ3v) is 6.80. The van der Waals surface area contributed by atoms with E-state index >= 15 is 0 Å². The minimum Gasteiger partial charge on any atom is -0.508 e. The van der Waals surface area contributed by atoms with Gasteiger partial charge < -0.3 is 10.2 Å². The lowest BCUT2D eigenvalue weighted by Crippen LogP contribution is -1.90. The monoisotopic (exact) mass is 415 g/mol. The van der Waals surface area contributed by atoms with Crippen molar-refractivity contribution in [2.45, 2.75) is 0 Å². The first kappa shape index (κ1) is 16.7. The maximum absolute atomic E-state index is 10.6. The van der Waals surface area contributed by atoms with Crippen LogP contribution in [0.25, 0.3) is 47.7 Å². The fourth-order valence-corrected chi connectivity index (χ4v) is 5.49. The molecule has 0 bridgehead atoms. The van der Waals surface area contributed by atoms with Gasteiger partial charge in [-0.3, -0.25) is 4.57 Å².